The number of aromatic nitrogens is 4. The molecule has 0 aromatic carbocycles. The van der Waals surface area contributed by atoms with Crippen molar-refractivity contribution in [2.75, 3.05) is 7.05 Å². The molecule has 0 saturated carbocycles. The molecular weight excluding hydrogens is 206 g/mol. The van der Waals surface area contributed by atoms with Gasteiger partial charge < -0.3 is 5.32 Å². The Hall–Kier alpha value is -1.95. The standard InChI is InChI=1S/C10H13N5O/c1-11-6-9-10(16)3-4-15(13-9)8-5-12-14(2)7-8/h3-5,7,11H,6H2,1-2H3. The van der Waals surface area contributed by atoms with Gasteiger partial charge in [-0.05, 0) is 7.05 Å². The van der Waals surface area contributed by atoms with Crippen LogP contribution in [0.25, 0.3) is 5.69 Å². The molecule has 0 fully saturated rings. The summed E-state index contributed by atoms with van der Waals surface area (Å²) >= 11 is 0. The third-order valence-corrected chi connectivity index (χ3v) is 2.18. The van der Waals surface area contributed by atoms with Crippen LogP contribution in [0.1, 0.15) is 5.69 Å². The quantitative estimate of drug-likeness (QED) is 0.768. The number of nitrogens with zero attached hydrogens (tertiary/aromatic N) is 4. The van der Waals surface area contributed by atoms with Crippen LogP contribution in [0.2, 0.25) is 0 Å². The van der Waals surface area contributed by atoms with E-state index in [4.69, 9.17) is 0 Å². The Morgan fingerprint density at radius 2 is 2.31 bits per heavy atom. The summed E-state index contributed by atoms with van der Waals surface area (Å²) in [7, 11) is 3.61. The molecule has 0 amide bonds. The molecule has 0 saturated heterocycles. The Balaban J connectivity index is 2.43. The molecule has 6 heteroatoms. The average Bonchev–Trinajstić information content (AvgIpc) is 2.69. The molecular formula is C10H13N5O. The van der Waals surface area contributed by atoms with E-state index in [2.05, 4.69) is 15.5 Å². The van der Waals surface area contributed by atoms with Gasteiger partial charge in [-0.15, -0.1) is 0 Å². The first-order valence-corrected chi connectivity index (χ1v) is 4.93. The van der Waals surface area contributed by atoms with E-state index in [0.717, 1.165) is 5.69 Å². The van der Waals surface area contributed by atoms with E-state index in [0.29, 0.717) is 12.2 Å². The maximum absolute atomic E-state index is 11.5. The van der Waals surface area contributed by atoms with Gasteiger partial charge in [0.25, 0.3) is 0 Å². The van der Waals surface area contributed by atoms with E-state index in [9.17, 15) is 4.79 Å². The molecule has 6 nitrogen and oxygen atoms in total. The minimum atomic E-state index is -0.0607. The van der Waals surface area contributed by atoms with Crippen LogP contribution in [0.15, 0.2) is 29.5 Å². The van der Waals surface area contributed by atoms with E-state index < -0.39 is 0 Å². The van der Waals surface area contributed by atoms with Gasteiger partial charge in [-0.25, -0.2) is 4.68 Å². The third kappa shape index (κ3) is 2.01. The molecule has 2 aromatic heterocycles. The van der Waals surface area contributed by atoms with Crippen molar-refractivity contribution in [1.82, 2.24) is 24.9 Å². The lowest BCUT2D eigenvalue weighted by Crippen LogP contribution is -2.20. The van der Waals surface area contributed by atoms with Crippen LogP contribution in [-0.4, -0.2) is 26.6 Å². The predicted molar refractivity (Wildman–Crippen MR) is 59.4 cm³/mol. The number of rotatable bonds is 3. The Labute approximate surface area is 92.5 Å². The summed E-state index contributed by atoms with van der Waals surface area (Å²) in [5.74, 6) is 0. The second-order valence-electron chi connectivity index (χ2n) is 3.47. The van der Waals surface area contributed by atoms with Crippen molar-refractivity contribution in [3.63, 3.8) is 0 Å². The molecule has 0 spiro atoms. The minimum Gasteiger partial charge on any atom is -0.314 e. The molecule has 84 valence electrons. The average molecular weight is 219 g/mol. The number of nitrogens with one attached hydrogen (secondary N) is 1. The van der Waals surface area contributed by atoms with Gasteiger partial charge in [0.2, 0.25) is 5.43 Å². The summed E-state index contributed by atoms with van der Waals surface area (Å²) in [5.41, 5.74) is 1.27. The van der Waals surface area contributed by atoms with Crippen LogP contribution in [0.5, 0.6) is 0 Å². The lowest BCUT2D eigenvalue weighted by Gasteiger charge is -2.03. The van der Waals surface area contributed by atoms with E-state index in [1.807, 2.05) is 13.2 Å². The molecule has 2 heterocycles. The van der Waals surface area contributed by atoms with Crippen molar-refractivity contribution in [3.8, 4) is 5.69 Å². The lowest BCUT2D eigenvalue weighted by molar-refractivity contribution is 0.716. The molecule has 2 rings (SSSR count). The number of aryl methyl sites for hydroxylation is 1. The van der Waals surface area contributed by atoms with Gasteiger partial charge in [0, 0.05) is 25.9 Å². The first-order chi connectivity index (χ1) is 7.70. The van der Waals surface area contributed by atoms with E-state index in [1.165, 1.54) is 6.07 Å². The molecule has 1 N–H and O–H groups in total. The van der Waals surface area contributed by atoms with Crippen molar-refractivity contribution >= 4 is 0 Å². The zero-order valence-corrected chi connectivity index (χ0v) is 9.21. The molecule has 0 atom stereocenters. The van der Waals surface area contributed by atoms with E-state index in [1.54, 1.807) is 28.8 Å². The third-order valence-electron chi connectivity index (χ3n) is 2.18. The van der Waals surface area contributed by atoms with Crippen molar-refractivity contribution in [2.45, 2.75) is 6.54 Å². The van der Waals surface area contributed by atoms with Gasteiger partial charge in [0.05, 0.1) is 12.4 Å². The zero-order chi connectivity index (χ0) is 11.5. The topological polar surface area (TPSA) is 64.7 Å². The zero-order valence-electron chi connectivity index (χ0n) is 9.21. The highest BCUT2D eigenvalue weighted by Gasteiger charge is 2.03. The van der Waals surface area contributed by atoms with Crippen LogP contribution in [0.4, 0.5) is 0 Å². The Bertz CT molecular complexity index is 542. The van der Waals surface area contributed by atoms with Gasteiger partial charge in [0.15, 0.2) is 0 Å². The van der Waals surface area contributed by atoms with Crippen LogP contribution in [-0.2, 0) is 13.6 Å². The lowest BCUT2D eigenvalue weighted by atomic mass is 10.3. The molecule has 16 heavy (non-hydrogen) atoms. The minimum absolute atomic E-state index is 0.0607. The largest absolute Gasteiger partial charge is 0.314 e. The maximum atomic E-state index is 11.5. The highest BCUT2D eigenvalue weighted by molar-refractivity contribution is 5.23. The highest BCUT2D eigenvalue weighted by Crippen LogP contribution is 2.02. The Kier molecular flexibility index (Phi) is 2.82. The van der Waals surface area contributed by atoms with Gasteiger partial charge in [0.1, 0.15) is 11.4 Å². The summed E-state index contributed by atoms with van der Waals surface area (Å²) in [6.07, 6.45) is 5.17. The van der Waals surface area contributed by atoms with Crippen molar-refractivity contribution in [3.05, 3.63) is 40.6 Å². The van der Waals surface area contributed by atoms with Crippen LogP contribution in [0.3, 0.4) is 0 Å². The second-order valence-corrected chi connectivity index (χ2v) is 3.47. The van der Waals surface area contributed by atoms with Gasteiger partial charge in [-0.2, -0.15) is 10.2 Å². The molecule has 0 aliphatic carbocycles. The van der Waals surface area contributed by atoms with E-state index >= 15 is 0 Å². The molecule has 2 aromatic rings. The van der Waals surface area contributed by atoms with Crippen LogP contribution in [0, 0.1) is 0 Å². The van der Waals surface area contributed by atoms with Crippen LogP contribution < -0.4 is 10.7 Å². The van der Waals surface area contributed by atoms with Gasteiger partial charge >= 0.3 is 0 Å². The van der Waals surface area contributed by atoms with Crippen molar-refractivity contribution < 1.29 is 0 Å². The smallest absolute Gasteiger partial charge is 0.204 e. The summed E-state index contributed by atoms with van der Waals surface area (Å²) in [4.78, 5) is 11.5. The number of hydrogen-bond acceptors (Lipinski definition) is 4. The molecule has 0 aliphatic heterocycles. The fourth-order valence-corrected chi connectivity index (χ4v) is 1.41. The summed E-state index contributed by atoms with van der Waals surface area (Å²) < 4.78 is 3.33. The van der Waals surface area contributed by atoms with Crippen molar-refractivity contribution in [1.29, 1.82) is 0 Å². The molecule has 0 radical (unpaired) electrons. The van der Waals surface area contributed by atoms with Crippen molar-refractivity contribution in [2.24, 2.45) is 7.05 Å². The fraction of sp³-hybridized carbons (Fsp3) is 0.300. The maximum Gasteiger partial charge on any atom is 0.204 e. The molecule has 0 bridgehead atoms. The Morgan fingerprint density at radius 1 is 1.50 bits per heavy atom. The summed E-state index contributed by atoms with van der Waals surface area (Å²) in [6.45, 7) is 0.458. The summed E-state index contributed by atoms with van der Waals surface area (Å²) in [6, 6.07) is 1.51. The first kappa shape index (κ1) is 10.6. The first-order valence-electron chi connectivity index (χ1n) is 4.93. The SMILES string of the molecule is CNCc1nn(-c2cnn(C)c2)ccc1=O. The normalized spacial score (nSPS) is 10.6. The van der Waals surface area contributed by atoms with Gasteiger partial charge in [-0.3, -0.25) is 9.48 Å². The Morgan fingerprint density at radius 3 is 2.94 bits per heavy atom. The fourth-order valence-electron chi connectivity index (χ4n) is 1.41. The predicted octanol–water partition coefficient (Wildman–Crippen LogP) is -0.315. The molecule has 0 unspecified atom stereocenters. The van der Waals surface area contributed by atoms with E-state index in [-0.39, 0.29) is 5.43 Å². The second kappa shape index (κ2) is 4.28. The van der Waals surface area contributed by atoms with Gasteiger partial charge in [-0.1, -0.05) is 0 Å². The summed E-state index contributed by atoms with van der Waals surface area (Å²) in [5, 5.41) is 11.2. The number of hydrogen-bond donors (Lipinski definition) is 1. The molecule has 0 aliphatic rings. The van der Waals surface area contributed by atoms with Crippen LogP contribution >= 0.6 is 0 Å². The highest BCUT2D eigenvalue weighted by atomic mass is 16.1. The monoisotopic (exact) mass is 219 g/mol.